The maximum absolute atomic E-state index is 11.9. The third-order valence-electron chi connectivity index (χ3n) is 3.15. The summed E-state index contributed by atoms with van der Waals surface area (Å²) in [7, 11) is 0. The van der Waals surface area contributed by atoms with E-state index in [1.54, 1.807) is 0 Å². The van der Waals surface area contributed by atoms with E-state index in [1.165, 1.54) is 37.5 Å². The second kappa shape index (κ2) is 6.65. The molecule has 0 aromatic carbocycles. The number of anilines is 1. The Bertz CT molecular complexity index is 452. The molecule has 2 rings (SSSR count). The molecule has 0 bridgehead atoms. The van der Waals surface area contributed by atoms with Crippen molar-refractivity contribution < 1.29 is 9.59 Å². The Hall–Kier alpha value is -1.43. The topological polar surface area (TPSA) is 71.1 Å². The van der Waals surface area contributed by atoms with Gasteiger partial charge in [-0.25, -0.2) is 4.98 Å². The first kappa shape index (κ1) is 14.0. The molecule has 104 valence electrons. The third-order valence-corrected chi connectivity index (χ3v) is 3.95. The first-order valence-electron chi connectivity index (χ1n) is 6.65. The summed E-state index contributed by atoms with van der Waals surface area (Å²) in [5, 5.41) is 8.03. The summed E-state index contributed by atoms with van der Waals surface area (Å²) in [4.78, 5) is 27.0. The van der Waals surface area contributed by atoms with Crippen LogP contribution in [0.3, 0.4) is 0 Å². The van der Waals surface area contributed by atoms with Crippen LogP contribution in [0.1, 0.15) is 44.7 Å². The fourth-order valence-electron chi connectivity index (χ4n) is 2.29. The van der Waals surface area contributed by atoms with Crippen LogP contribution in [0, 0.1) is 0 Å². The molecule has 5 nitrogen and oxygen atoms in total. The number of nitrogens with one attached hydrogen (secondary N) is 2. The van der Waals surface area contributed by atoms with Gasteiger partial charge in [0.2, 0.25) is 11.8 Å². The van der Waals surface area contributed by atoms with Gasteiger partial charge in [0.15, 0.2) is 5.13 Å². The fourth-order valence-corrected chi connectivity index (χ4v) is 3.04. The molecule has 0 unspecified atom stereocenters. The lowest BCUT2D eigenvalue weighted by Crippen LogP contribution is -2.37. The molecule has 1 aliphatic carbocycles. The van der Waals surface area contributed by atoms with Crippen molar-refractivity contribution in [2.45, 2.75) is 51.5 Å². The average molecular weight is 281 g/mol. The van der Waals surface area contributed by atoms with E-state index in [2.05, 4.69) is 15.6 Å². The molecule has 19 heavy (non-hydrogen) atoms. The SMILES string of the molecule is CC(=O)Nc1nc(CC(=O)NC2CCCCC2)cs1. The van der Waals surface area contributed by atoms with Gasteiger partial charge in [0, 0.05) is 18.3 Å². The number of carbonyl (C=O) groups is 2. The normalized spacial score (nSPS) is 16.1. The Kier molecular flexibility index (Phi) is 4.90. The molecule has 0 saturated heterocycles. The smallest absolute Gasteiger partial charge is 0.226 e. The first-order valence-corrected chi connectivity index (χ1v) is 7.53. The average Bonchev–Trinajstić information content (AvgIpc) is 2.76. The highest BCUT2D eigenvalue weighted by atomic mass is 32.1. The van der Waals surface area contributed by atoms with Gasteiger partial charge in [-0.15, -0.1) is 11.3 Å². The Morgan fingerprint density at radius 2 is 2.11 bits per heavy atom. The van der Waals surface area contributed by atoms with Crippen LogP contribution in [-0.2, 0) is 16.0 Å². The molecule has 1 saturated carbocycles. The maximum Gasteiger partial charge on any atom is 0.226 e. The van der Waals surface area contributed by atoms with E-state index in [-0.39, 0.29) is 18.2 Å². The number of rotatable bonds is 4. The lowest BCUT2D eigenvalue weighted by atomic mass is 9.95. The van der Waals surface area contributed by atoms with E-state index < -0.39 is 0 Å². The van der Waals surface area contributed by atoms with Crippen LogP contribution >= 0.6 is 11.3 Å². The minimum Gasteiger partial charge on any atom is -0.353 e. The Labute approximate surface area is 116 Å². The van der Waals surface area contributed by atoms with E-state index >= 15 is 0 Å². The summed E-state index contributed by atoms with van der Waals surface area (Å²) in [5.74, 6) is -0.126. The highest BCUT2D eigenvalue weighted by molar-refractivity contribution is 7.13. The highest BCUT2D eigenvalue weighted by Crippen LogP contribution is 2.18. The predicted molar refractivity (Wildman–Crippen MR) is 75.1 cm³/mol. The zero-order valence-corrected chi connectivity index (χ0v) is 11.9. The number of nitrogens with zero attached hydrogens (tertiary/aromatic N) is 1. The Morgan fingerprint density at radius 3 is 2.79 bits per heavy atom. The van der Waals surface area contributed by atoms with Gasteiger partial charge >= 0.3 is 0 Å². The summed E-state index contributed by atoms with van der Waals surface area (Å²) >= 11 is 1.34. The molecule has 1 aliphatic rings. The lowest BCUT2D eigenvalue weighted by Gasteiger charge is -2.22. The van der Waals surface area contributed by atoms with Gasteiger partial charge in [0.05, 0.1) is 12.1 Å². The second-order valence-corrected chi connectivity index (χ2v) is 5.76. The Balaban J connectivity index is 1.81. The number of amides is 2. The third kappa shape index (κ3) is 4.63. The van der Waals surface area contributed by atoms with Crippen molar-refractivity contribution in [2.75, 3.05) is 5.32 Å². The van der Waals surface area contributed by atoms with Crippen LogP contribution < -0.4 is 10.6 Å². The van der Waals surface area contributed by atoms with E-state index in [0.29, 0.717) is 16.9 Å². The van der Waals surface area contributed by atoms with Crippen molar-refractivity contribution in [3.63, 3.8) is 0 Å². The minimum absolute atomic E-state index is 0.0200. The monoisotopic (exact) mass is 281 g/mol. The van der Waals surface area contributed by atoms with Crippen LogP contribution in [0.4, 0.5) is 5.13 Å². The number of aromatic nitrogens is 1. The van der Waals surface area contributed by atoms with Crippen molar-refractivity contribution in [3.8, 4) is 0 Å². The largest absolute Gasteiger partial charge is 0.353 e. The molecular weight excluding hydrogens is 262 g/mol. The Morgan fingerprint density at radius 1 is 1.37 bits per heavy atom. The molecule has 6 heteroatoms. The van der Waals surface area contributed by atoms with Crippen LogP contribution in [0.2, 0.25) is 0 Å². The maximum atomic E-state index is 11.9. The standard InChI is InChI=1S/C13H19N3O2S/c1-9(17)14-13-16-11(8-19-13)7-12(18)15-10-5-3-2-4-6-10/h8,10H,2-7H2,1H3,(H,15,18)(H,14,16,17). The summed E-state index contributed by atoms with van der Waals surface area (Å²) in [6.45, 7) is 1.44. The molecule has 0 spiro atoms. The zero-order valence-electron chi connectivity index (χ0n) is 11.1. The van der Waals surface area contributed by atoms with Crippen molar-refractivity contribution in [1.29, 1.82) is 0 Å². The van der Waals surface area contributed by atoms with Gasteiger partial charge in [0.1, 0.15) is 0 Å². The molecular formula is C13H19N3O2S. The summed E-state index contributed by atoms with van der Waals surface area (Å²) in [6.07, 6.45) is 6.13. The van der Waals surface area contributed by atoms with Gasteiger partial charge in [-0.1, -0.05) is 19.3 Å². The summed E-state index contributed by atoms with van der Waals surface area (Å²) in [5.41, 5.74) is 0.710. The fraction of sp³-hybridized carbons (Fsp3) is 0.615. The molecule has 2 N–H and O–H groups in total. The summed E-state index contributed by atoms with van der Waals surface area (Å²) in [6, 6.07) is 0.328. The van der Waals surface area contributed by atoms with Crippen LogP contribution in [-0.4, -0.2) is 22.8 Å². The number of hydrogen-bond donors (Lipinski definition) is 2. The summed E-state index contributed by atoms with van der Waals surface area (Å²) < 4.78 is 0. The molecule has 1 heterocycles. The number of carbonyl (C=O) groups excluding carboxylic acids is 2. The molecule has 1 fully saturated rings. The number of hydrogen-bond acceptors (Lipinski definition) is 4. The van der Waals surface area contributed by atoms with Crippen molar-refractivity contribution in [2.24, 2.45) is 0 Å². The number of thiazole rings is 1. The molecule has 0 atom stereocenters. The van der Waals surface area contributed by atoms with Crippen molar-refractivity contribution in [3.05, 3.63) is 11.1 Å². The van der Waals surface area contributed by atoms with Crippen LogP contribution in [0.5, 0.6) is 0 Å². The van der Waals surface area contributed by atoms with Gasteiger partial charge in [-0.3, -0.25) is 9.59 Å². The molecule has 1 aromatic rings. The molecule has 0 radical (unpaired) electrons. The van der Waals surface area contributed by atoms with Gasteiger partial charge in [-0.05, 0) is 12.8 Å². The van der Waals surface area contributed by atoms with Crippen LogP contribution in [0.25, 0.3) is 0 Å². The van der Waals surface area contributed by atoms with E-state index in [0.717, 1.165) is 12.8 Å². The molecule has 1 aromatic heterocycles. The van der Waals surface area contributed by atoms with Gasteiger partial charge in [0.25, 0.3) is 0 Å². The van der Waals surface area contributed by atoms with Crippen molar-refractivity contribution in [1.82, 2.24) is 10.3 Å². The molecule has 0 aliphatic heterocycles. The van der Waals surface area contributed by atoms with Gasteiger partial charge < -0.3 is 10.6 Å². The lowest BCUT2D eigenvalue weighted by molar-refractivity contribution is -0.121. The van der Waals surface area contributed by atoms with Crippen molar-refractivity contribution >= 4 is 28.3 Å². The van der Waals surface area contributed by atoms with E-state index in [4.69, 9.17) is 0 Å². The zero-order chi connectivity index (χ0) is 13.7. The van der Waals surface area contributed by atoms with Gasteiger partial charge in [-0.2, -0.15) is 0 Å². The van der Waals surface area contributed by atoms with E-state index in [1.807, 2.05) is 5.38 Å². The minimum atomic E-state index is -0.146. The highest BCUT2D eigenvalue weighted by Gasteiger charge is 2.16. The predicted octanol–water partition coefficient (Wildman–Crippen LogP) is 2.09. The second-order valence-electron chi connectivity index (χ2n) is 4.90. The van der Waals surface area contributed by atoms with E-state index in [9.17, 15) is 9.59 Å². The molecule has 2 amide bonds. The first-order chi connectivity index (χ1) is 9.13. The van der Waals surface area contributed by atoms with Crippen LogP contribution in [0.15, 0.2) is 5.38 Å². The quantitative estimate of drug-likeness (QED) is 0.887.